The number of ether oxygens (including phenoxy) is 1. The van der Waals surface area contributed by atoms with Crippen LogP contribution in [0.3, 0.4) is 0 Å². The summed E-state index contributed by atoms with van der Waals surface area (Å²) in [5.74, 6) is -0.0481. The van der Waals surface area contributed by atoms with Crippen molar-refractivity contribution in [3.8, 4) is 5.75 Å². The standard InChI is InChI=1S/C16H14IN3O4S/c1-9-3-4-10(7-12(9)17)15(21)19-16(25)18-13-6-5-11(24-2)8-14(13)20(22)23/h3-8H,1-2H3,(H2,18,19,21,25). The van der Waals surface area contributed by atoms with Crippen LogP contribution < -0.4 is 15.4 Å². The van der Waals surface area contributed by atoms with Crippen LogP contribution >= 0.6 is 34.8 Å². The van der Waals surface area contributed by atoms with Crippen molar-refractivity contribution in [3.63, 3.8) is 0 Å². The minimum absolute atomic E-state index is 0.0335. The first kappa shape index (κ1) is 19.1. The topological polar surface area (TPSA) is 93.5 Å². The number of nitro groups is 1. The Kier molecular flexibility index (Phi) is 6.26. The number of thiocarbonyl (C=S) groups is 1. The van der Waals surface area contributed by atoms with Gasteiger partial charge < -0.3 is 10.1 Å². The van der Waals surface area contributed by atoms with E-state index < -0.39 is 10.8 Å². The summed E-state index contributed by atoms with van der Waals surface area (Å²) in [4.78, 5) is 22.8. The van der Waals surface area contributed by atoms with E-state index in [9.17, 15) is 14.9 Å². The Morgan fingerprint density at radius 2 is 2.00 bits per heavy atom. The van der Waals surface area contributed by atoms with E-state index in [1.54, 1.807) is 18.2 Å². The highest BCUT2D eigenvalue weighted by Crippen LogP contribution is 2.28. The number of rotatable bonds is 4. The molecule has 25 heavy (non-hydrogen) atoms. The zero-order valence-electron chi connectivity index (χ0n) is 13.3. The van der Waals surface area contributed by atoms with Crippen LogP contribution in [0.5, 0.6) is 5.75 Å². The van der Waals surface area contributed by atoms with Gasteiger partial charge in [0.25, 0.3) is 11.6 Å². The van der Waals surface area contributed by atoms with Crippen molar-refractivity contribution in [2.75, 3.05) is 12.4 Å². The molecule has 2 aromatic carbocycles. The summed E-state index contributed by atoms with van der Waals surface area (Å²) in [6.07, 6.45) is 0. The molecule has 1 amide bonds. The Bertz CT molecular complexity index is 857. The molecule has 0 radical (unpaired) electrons. The lowest BCUT2D eigenvalue weighted by molar-refractivity contribution is -0.384. The van der Waals surface area contributed by atoms with E-state index >= 15 is 0 Å². The normalized spacial score (nSPS) is 10.0. The summed E-state index contributed by atoms with van der Waals surface area (Å²) in [5.41, 5.74) is 1.46. The van der Waals surface area contributed by atoms with Gasteiger partial charge in [0, 0.05) is 9.13 Å². The number of carbonyl (C=O) groups is 1. The second kappa shape index (κ2) is 8.21. The fourth-order valence-corrected chi connectivity index (χ4v) is 2.68. The maximum absolute atomic E-state index is 12.2. The number of anilines is 1. The number of amides is 1. The quantitative estimate of drug-likeness (QED) is 0.306. The monoisotopic (exact) mass is 471 g/mol. The van der Waals surface area contributed by atoms with E-state index in [0.29, 0.717) is 11.3 Å². The summed E-state index contributed by atoms with van der Waals surface area (Å²) < 4.78 is 5.93. The molecule has 0 aromatic heterocycles. The van der Waals surface area contributed by atoms with Crippen LogP contribution in [-0.4, -0.2) is 23.1 Å². The number of nitrogens with one attached hydrogen (secondary N) is 2. The molecule has 0 aliphatic rings. The molecule has 0 heterocycles. The van der Waals surface area contributed by atoms with Crippen molar-refractivity contribution in [2.45, 2.75) is 6.92 Å². The average Bonchev–Trinajstić information content (AvgIpc) is 2.57. The molecule has 0 saturated carbocycles. The molecule has 0 aliphatic carbocycles. The minimum atomic E-state index is -0.558. The summed E-state index contributed by atoms with van der Waals surface area (Å²) in [6, 6.07) is 9.55. The number of nitro benzene ring substituents is 1. The van der Waals surface area contributed by atoms with E-state index in [4.69, 9.17) is 17.0 Å². The van der Waals surface area contributed by atoms with Crippen molar-refractivity contribution in [3.05, 3.63) is 61.2 Å². The molecular formula is C16H14IN3O4S. The van der Waals surface area contributed by atoms with Gasteiger partial charge in [-0.25, -0.2) is 0 Å². The van der Waals surface area contributed by atoms with Crippen LogP contribution in [0.25, 0.3) is 0 Å². The van der Waals surface area contributed by atoms with Crippen LogP contribution in [0.2, 0.25) is 0 Å². The molecule has 9 heteroatoms. The number of carbonyl (C=O) groups excluding carboxylic acids is 1. The zero-order valence-corrected chi connectivity index (χ0v) is 16.3. The Morgan fingerprint density at radius 1 is 1.28 bits per heavy atom. The molecule has 0 unspecified atom stereocenters. The molecule has 130 valence electrons. The lowest BCUT2D eigenvalue weighted by atomic mass is 10.1. The summed E-state index contributed by atoms with van der Waals surface area (Å²) in [7, 11) is 1.42. The third-order valence-electron chi connectivity index (χ3n) is 3.31. The van der Waals surface area contributed by atoms with Crippen LogP contribution in [0.4, 0.5) is 11.4 Å². The first-order valence-corrected chi connectivity index (χ1v) is 8.51. The van der Waals surface area contributed by atoms with E-state index in [2.05, 4.69) is 33.2 Å². The largest absolute Gasteiger partial charge is 0.496 e. The van der Waals surface area contributed by atoms with Gasteiger partial charge in [0.15, 0.2) is 5.11 Å². The van der Waals surface area contributed by atoms with Crippen LogP contribution in [0.15, 0.2) is 36.4 Å². The lowest BCUT2D eigenvalue weighted by Crippen LogP contribution is -2.34. The minimum Gasteiger partial charge on any atom is -0.496 e. The van der Waals surface area contributed by atoms with Crippen molar-refractivity contribution < 1.29 is 14.5 Å². The second-order valence-electron chi connectivity index (χ2n) is 5.01. The third-order valence-corrected chi connectivity index (χ3v) is 4.68. The highest BCUT2D eigenvalue weighted by atomic mass is 127. The number of hydrogen-bond acceptors (Lipinski definition) is 5. The van der Waals surface area contributed by atoms with E-state index in [1.807, 2.05) is 13.0 Å². The summed E-state index contributed by atoms with van der Waals surface area (Å²) >= 11 is 7.22. The number of aryl methyl sites for hydroxylation is 1. The highest BCUT2D eigenvalue weighted by Gasteiger charge is 2.17. The Labute approximate surface area is 163 Å². The van der Waals surface area contributed by atoms with Gasteiger partial charge in [-0.05, 0) is 71.6 Å². The number of methoxy groups -OCH3 is 1. The molecule has 0 aliphatic heterocycles. The maximum atomic E-state index is 12.2. The molecule has 2 N–H and O–H groups in total. The second-order valence-corrected chi connectivity index (χ2v) is 6.58. The van der Waals surface area contributed by atoms with Gasteiger partial charge in [-0.2, -0.15) is 0 Å². The molecule has 2 aromatic rings. The van der Waals surface area contributed by atoms with Gasteiger partial charge in [-0.3, -0.25) is 20.2 Å². The number of hydrogen-bond donors (Lipinski definition) is 2. The predicted octanol–water partition coefficient (Wildman–Crippen LogP) is 3.64. The first-order chi connectivity index (χ1) is 11.8. The Morgan fingerprint density at radius 3 is 2.60 bits per heavy atom. The van der Waals surface area contributed by atoms with Gasteiger partial charge >= 0.3 is 0 Å². The van der Waals surface area contributed by atoms with Gasteiger partial charge in [-0.1, -0.05) is 6.07 Å². The number of benzene rings is 2. The van der Waals surface area contributed by atoms with Gasteiger partial charge in [-0.15, -0.1) is 0 Å². The van der Waals surface area contributed by atoms with Crippen molar-refractivity contribution >= 4 is 57.2 Å². The fraction of sp³-hybridized carbons (Fsp3) is 0.125. The summed E-state index contributed by atoms with van der Waals surface area (Å²) in [5, 5.41) is 16.3. The molecule has 0 fully saturated rings. The SMILES string of the molecule is COc1ccc(NC(=S)NC(=O)c2ccc(C)c(I)c2)c([N+](=O)[O-])c1. The Balaban J connectivity index is 2.13. The van der Waals surface area contributed by atoms with Crippen LogP contribution in [0.1, 0.15) is 15.9 Å². The van der Waals surface area contributed by atoms with Crippen molar-refractivity contribution in [2.24, 2.45) is 0 Å². The Hall–Kier alpha value is -2.27. The van der Waals surface area contributed by atoms with E-state index in [1.165, 1.54) is 19.2 Å². The molecule has 0 bridgehead atoms. The molecule has 0 saturated heterocycles. The molecule has 7 nitrogen and oxygen atoms in total. The average molecular weight is 471 g/mol. The van der Waals surface area contributed by atoms with Crippen LogP contribution in [0, 0.1) is 20.6 Å². The lowest BCUT2D eigenvalue weighted by Gasteiger charge is -2.11. The molecule has 2 rings (SSSR count). The summed E-state index contributed by atoms with van der Waals surface area (Å²) in [6.45, 7) is 1.94. The van der Waals surface area contributed by atoms with Gasteiger partial charge in [0.05, 0.1) is 18.1 Å². The van der Waals surface area contributed by atoms with Gasteiger partial charge in [0.1, 0.15) is 11.4 Å². The van der Waals surface area contributed by atoms with E-state index in [0.717, 1.165) is 9.13 Å². The smallest absolute Gasteiger partial charge is 0.296 e. The predicted molar refractivity (Wildman–Crippen MR) is 107 cm³/mol. The van der Waals surface area contributed by atoms with Crippen molar-refractivity contribution in [1.82, 2.24) is 5.32 Å². The molecule has 0 atom stereocenters. The van der Waals surface area contributed by atoms with E-state index in [-0.39, 0.29) is 16.5 Å². The first-order valence-electron chi connectivity index (χ1n) is 7.02. The maximum Gasteiger partial charge on any atom is 0.296 e. The van der Waals surface area contributed by atoms with Crippen molar-refractivity contribution in [1.29, 1.82) is 0 Å². The third kappa shape index (κ3) is 4.86. The molecular weight excluding hydrogens is 457 g/mol. The van der Waals surface area contributed by atoms with Crippen LogP contribution in [-0.2, 0) is 0 Å². The number of halogens is 1. The fourth-order valence-electron chi connectivity index (χ4n) is 1.96. The zero-order chi connectivity index (χ0) is 18.6. The number of nitrogens with zero attached hydrogens (tertiary/aromatic N) is 1. The molecule has 0 spiro atoms. The van der Waals surface area contributed by atoms with Gasteiger partial charge in [0.2, 0.25) is 0 Å². The highest BCUT2D eigenvalue weighted by molar-refractivity contribution is 14.1.